The summed E-state index contributed by atoms with van der Waals surface area (Å²) >= 11 is 0. The molecule has 15 heavy (non-hydrogen) atoms. The lowest BCUT2D eigenvalue weighted by molar-refractivity contribution is -0.143. The average molecular weight is 210 g/mol. The number of hydrogen-bond acceptors (Lipinski definition) is 2. The van der Waals surface area contributed by atoms with Gasteiger partial charge in [-0.25, -0.2) is 0 Å². The number of ether oxygens (including phenoxy) is 1. The normalized spacial score (nSPS) is 9.67. The number of allylic oxidation sites excluding steroid dienone is 1. The van der Waals surface area contributed by atoms with E-state index in [9.17, 15) is 4.79 Å². The van der Waals surface area contributed by atoms with Crippen molar-refractivity contribution in [1.29, 1.82) is 0 Å². The maximum Gasteiger partial charge on any atom is 0.306 e. The fourth-order valence-electron chi connectivity index (χ4n) is 0.959. The molecule has 0 spiro atoms. The molecule has 0 heterocycles. The van der Waals surface area contributed by atoms with E-state index in [4.69, 9.17) is 4.74 Å². The van der Waals surface area contributed by atoms with Crippen molar-refractivity contribution in [3.8, 4) is 0 Å². The zero-order chi connectivity index (χ0) is 11.7. The molecule has 0 aliphatic heterocycles. The molecular weight excluding hydrogens is 188 g/mol. The van der Waals surface area contributed by atoms with Crippen LogP contribution in [0.4, 0.5) is 0 Å². The molecule has 0 N–H and O–H groups in total. The van der Waals surface area contributed by atoms with Crippen LogP contribution in [0.1, 0.15) is 47.0 Å². The van der Waals surface area contributed by atoms with E-state index in [-0.39, 0.29) is 5.97 Å². The number of hydrogen-bond donors (Lipinski definition) is 0. The van der Waals surface area contributed by atoms with Crippen LogP contribution in [0.5, 0.6) is 0 Å². The summed E-state index contributed by atoms with van der Waals surface area (Å²) in [6.07, 6.45) is 4.11. The lowest BCUT2D eigenvalue weighted by atomic mass is 10.1. The first-order chi connectivity index (χ1) is 7.06. The van der Waals surface area contributed by atoms with Crippen LogP contribution in [0, 0.1) is 5.92 Å². The molecule has 86 valence electrons. The Morgan fingerprint density at radius 1 is 1.40 bits per heavy atom. The quantitative estimate of drug-likeness (QED) is 0.495. The summed E-state index contributed by atoms with van der Waals surface area (Å²) in [5, 5.41) is 0. The summed E-state index contributed by atoms with van der Waals surface area (Å²) in [5.41, 5.74) is 4.29. The summed E-state index contributed by atoms with van der Waals surface area (Å²) in [4.78, 5) is 11.2. The van der Waals surface area contributed by atoms with Gasteiger partial charge in [0, 0.05) is 6.42 Å². The minimum absolute atomic E-state index is 0.109. The third-order valence-electron chi connectivity index (χ3n) is 1.83. The molecule has 0 amide bonds. The predicted molar refractivity (Wildman–Crippen MR) is 62.6 cm³/mol. The molecule has 2 nitrogen and oxygen atoms in total. The van der Waals surface area contributed by atoms with E-state index in [1.807, 2.05) is 19.9 Å². The lowest BCUT2D eigenvalue weighted by Crippen LogP contribution is -2.04. The van der Waals surface area contributed by atoms with E-state index in [2.05, 4.69) is 19.6 Å². The molecule has 0 fully saturated rings. The second-order valence-electron chi connectivity index (χ2n) is 4.06. The molecule has 0 aromatic rings. The summed E-state index contributed by atoms with van der Waals surface area (Å²) < 4.78 is 4.98. The zero-order valence-electron chi connectivity index (χ0n) is 10.3. The summed E-state index contributed by atoms with van der Waals surface area (Å²) in [6.45, 7) is 8.73. The molecule has 0 aromatic carbocycles. The second-order valence-corrected chi connectivity index (χ2v) is 4.06. The van der Waals surface area contributed by atoms with Gasteiger partial charge in [0.1, 0.15) is 0 Å². The SMILES string of the molecule is CCCOC(=O)CCC(C)=C=CC(C)C. The molecule has 0 radical (unpaired) electrons. The van der Waals surface area contributed by atoms with Gasteiger partial charge in [-0.05, 0) is 37.3 Å². The average Bonchev–Trinajstić information content (AvgIpc) is 2.20. The molecule has 0 aromatic heterocycles. The Morgan fingerprint density at radius 2 is 2.07 bits per heavy atom. The van der Waals surface area contributed by atoms with Crippen molar-refractivity contribution in [2.45, 2.75) is 47.0 Å². The summed E-state index contributed by atoms with van der Waals surface area (Å²) in [6, 6.07) is 0. The van der Waals surface area contributed by atoms with Crippen molar-refractivity contribution in [1.82, 2.24) is 0 Å². The van der Waals surface area contributed by atoms with E-state index in [1.54, 1.807) is 0 Å². The smallest absolute Gasteiger partial charge is 0.306 e. The second kappa shape index (κ2) is 8.31. The summed E-state index contributed by atoms with van der Waals surface area (Å²) in [7, 11) is 0. The number of rotatable bonds is 6. The third-order valence-corrected chi connectivity index (χ3v) is 1.83. The first kappa shape index (κ1) is 14.0. The van der Waals surface area contributed by atoms with E-state index in [0.29, 0.717) is 18.9 Å². The molecule has 0 rings (SSSR count). The first-order valence-corrected chi connectivity index (χ1v) is 5.64. The fraction of sp³-hybridized carbons (Fsp3) is 0.692. The van der Waals surface area contributed by atoms with Crippen molar-refractivity contribution in [2.75, 3.05) is 6.61 Å². The van der Waals surface area contributed by atoms with E-state index in [0.717, 1.165) is 18.4 Å². The van der Waals surface area contributed by atoms with Crippen LogP contribution >= 0.6 is 0 Å². The lowest BCUT2D eigenvalue weighted by Gasteiger charge is -2.01. The van der Waals surface area contributed by atoms with Crippen LogP contribution in [-0.4, -0.2) is 12.6 Å². The molecule has 0 unspecified atom stereocenters. The highest BCUT2D eigenvalue weighted by Gasteiger charge is 2.01. The third kappa shape index (κ3) is 9.30. The fourth-order valence-corrected chi connectivity index (χ4v) is 0.959. The molecule has 0 aliphatic rings. The highest BCUT2D eigenvalue weighted by Crippen LogP contribution is 2.04. The minimum atomic E-state index is -0.109. The topological polar surface area (TPSA) is 26.3 Å². The van der Waals surface area contributed by atoms with Gasteiger partial charge in [0.15, 0.2) is 0 Å². The van der Waals surface area contributed by atoms with Crippen LogP contribution in [0.3, 0.4) is 0 Å². The van der Waals surface area contributed by atoms with Crippen molar-refractivity contribution in [3.63, 3.8) is 0 Å². The van der Waals surface area contributed by atoms with Gasteiger partial charge in [0.25, 0.3) is 0 Å². The van der Waals surface area contributed by atoms with Crippen molar-refractivity contribution in [2.24, 2.45) is 5.92 Å². The monoisotopic (exact) mass is 210 g/mol. The van der Waals surface area contributed by atoms with Gasteiger partial charge in [-0.1, -0.05) is 20.8 Å². The molecule has 2 heteroatoms. The van der Waals surface area contributed by atoms with Crippen LogP contribution in [0.2, 0.25) is 0 Å². The van der Waals surface area contributed by atoms with Gasteiger partial charge >= 0.3 is 5.97 Å². The standard InChI is InChI=1S/C13H22O2/c1-5-10-15-13(14)9-8-12(4)7-6-11(2)3/h6,11H,5,8-10H2,1-4H3. The van der Waals surface area contributed by atoms with Gasteiger partial charge in [-0.3, -0.25) is 4.79 Å². The molecular formula is C13H22O2. The number of esters is 1. The Labute approximate surface area is 93.0 Å². The molecule has 0 saturated heterocycles. The minimum Gasteiger partial charge on any atom is -0.466 e. The Balaban J connectivity index is 3.84. The van der Waals surface area contributed by atoms with Gasteiger partial charge in [0.05, 0.1) is 6.61 Å². The van der Waals surface area contributed by atoms with Crippen molar-refractivity contribution in [3.05, 3.63) is 17.4 Å². The summed E-state index contributed by atoms with van der Waals surface area (Å²) in [5.74, 6) is 0.398. The van der Waals surface area contributed by atoms with Crippen LogP contribution in [0.15, 0.2) is 17.4 Å². The Kier molecular flexibility index (Phi) is 7.75. The highest BCUT2D eigenvalue weighted by molar-refractivity contribution is 5.69. The molecule has 0 saturated carbocycles. The van der Waals surface area contributed by atoms with Gasteiger partial charge in [-0.2, -0.15) is 0 Å². The predicted octanol–water partition coefficient (Wildman–Crippen LogP) is 3.48. The molecule has 0 atom stereocenters. The Hall–Kier alpha value is -1.01. The van der Waals surface area contributed by atoms with Gasteiger partial charge in [-0.15, -0.1) is 5.73 Å². The zero-order valence-corrected chi connectivity index (χ0v) is 10.3. The van der Waals surface area contributed by atoms with E-state index < -0.39 is 0 Å². The van der Waals surface area contributed by atoms with Crippen LogP contribution in [0.25, 0.3) is 0 Å². The van der Waals surface area contributed by atoms with E-state index >= 15 is 0 Å². The Morgan fingerprint density at radius 3 is 2.60 bits per heavy atom. The van der Waals surface area contributed by atoms with Gasteiger partial charge in [0.2, 0.25) is 0 Å². The van der Waals surface area contributed by atoms with Crippen molar-refractivity contribution >= 4 is 5.97 Å². The number of carbonyl (C=O) groups is 1. The van der Waals surface area contributed by atoms with Crippen LogP contribution < -0.4 is 0 Å². The highest BCUT2D eigenvalue weighted by atomic mass is 16.5. The first-order valence-electron chi connectivity index (χ1n) is 5.64. The maximum absolute atomic E-state index is 11.2. The molecule has 0 bridgehead atoms. The largest absolute Gasteiger partial charge is 0.466 e. The van der Waals surface area contributed by atoms with Crippen molar-refractivity contribution < 1.29 is 9.53 Å². The number of carbonyl (C=O) groups excluding carboxylic acids is 1. The maximum atomic E-state index is 11.2. The molecule has 0 aliphatic carbocycles. The van der Waals surface area contributed by atoms with Gasteiger partial charge < -0.3 is 4.74 Å². The van der Waals surface area contributed by atoms with E-state index in [1.165, 1.54) is 0 Å². The Bertz CT molecular complexity index is 245. The van der Waals surface area contributed by atoms with Crippen LogP contribution in [-0.2, 0) is 9.53 Å².